The number of carboxylic acids is 1. The average Bonchev–Trinajstić information content (AvgIpc) is 2.76. The second kappa shape index (κ2) is 14.0. The normalized spacial score (nSPS) is 20.1. The van der Waals surface area contributed by atoms with Crippen LogP contribution < -0.4 is 5.32 Å². The summed E-state index contributed by atoms with van der Waals surface area (Å²) in [6, 6.07) is -0.920. The van der Waals surface area contributed by atoms with E-state index in [-0.39, 0.29) is 41.8 Å². The lowest BCUT2D eigenvalue weighted by Crippen LogP contribution is -2.43. The summed E-state index contributed by atoms with van der Waals surface area (Å²) >= 11 is 1.23. The molecule has 1 aliphatic carbocycles. The maximum absolute atomic E-state index is 12.6. The third kappa shape index (κ3) is 10.7. The Morgan fingerprint density at radius 2 is 1.74 bits per heavy atom. The third-order valence-electron chi connectivity index (χ3n) is 6.13. The predicted octanol–water partition coefficient (Wildman–Crippen LogP) is 1.99. The largest absolute Gasteiger partial charge is 0.480 e. The number of hydrogen-bond acceptors (Lipinski definition) is 6. The summed E-state index contributed by atoms with van der Waals surface area (Å²) in [6.07, 6.45) is 4.23. The van der Waals surface area contributed by atoms with Crippen LogP contribution in [0.4, 0.5) is 0 Å². The molecular weight excluding hydrogens is 477 g/mol. The Labute approximate surface area is 209 Å². The number of nitrogens with one attached hydrogen (secondary N) is 1. The molecule has 9 nitrogen and oxygen atoms in total. The third-order valence-corrected chi connectivity index (χ3v) is 7.42. The first-order valence-electron chi connectivity index (χ1n) is 11.6. The van der Waals surface area contributed by atoms with Crippen LogP contribution in [0.3, 0.4) is 0 Å². The van der Waals surface area contributed by atoms with E-state index in [1.807, 2.05) is 13.8 Å². The van der Waals surface area contributed by atoms with Crippen LogP contribution in [0.2, 0.25) is 0 Å². The van der Waals surface area contributed by atoms with E-state index in [9.17, 15) is 24.0 Å². The Morgan fingerprint density at radius 3 is 2.24 bits per heavy atom. The molecule has 0 aromatic rings. The molecule has 1 fully saturated rings. The van der Waals surface area contributed by atoms with Gasteiger partial charge in [0.05, 0.1) is 5.25 Å². The Balaban J connectivity index is 2.40. The van der Waals surface area contributed by atoms with Crippen LogP contribution in [0.25, 0.3) is 0 Å². The van der Waals surface area contributed by atoms with Crippen molar-refractivity contribution in [3.8, 4) is 0 Å². The van der Waals surface area contributed by atoms with E-state index in [0.29, 0.717) is 18.2 Å². The molecule has 0 aromatic carbocycles. The number of aldehydes is 1. The molecule has 0 heterocycles. The van der Waals surface area contributed by atoms with Crippen molar-refractivity contribution < 1.29 is 29.1 Å². The molecule has 194 valence electrons. The first kappa shape index (κ1) is 30.4. The minimum absolute atomic E-state index is 0.00756. The van der Waals surface area contributed by atoms with Crippen LogP contribution in [-0.2, 0) is 24.0 Å². The van der Waals surface area contributed by atoms with Crippen molar-refractivity contribution in [1.29, 1.82) is 0 Å². The molecule has 0 radical (unpaired) electrons. The van der Waals surface area contributed by atoms with E-state index < -0.39 is 17.3 Å². The number of aliphatic carboxylic acids is 1. The fourth-order valence-electron chi connectivity index (χ4n) is 3.85. The van der Waals surface area contributed by atoms with Crippen molar-refractivity contribution in [3.05, 3.63) is 0 Å². The maximum atomic E-state index is 12.6. The topological polar surface area (TPSA) is 124 Å². The molecule has 0 aromatic heterocycles. The highest BCUT2D eigenvalue weighted by Crippen LogP contribution is 2.30. The quantitative estimate of drug-likeness (QED) is 0.283. The van der Waals surface area contributed by atoms with Gasteiger partial charge in [-0.3, -0.25) is 14.4 Å². The zero-order valence-electron chi connectivity index (χ0n) is 20.9. The van der Waals surface area contributed by atoms with Crippen molar-refractivity contribution in [3.63, 3.8) is 0 Å². The van der Waals surface area contributed by atoms with E-state index in [1.165, 1.54) is 25.7 Å². The zero-order valence-corrected chi connectivity index (χ0v) is 22.9. The van der Waals surface area contributed by atoms with Gasteiger partial charge in [0.1, 0.15) is 12.3 Å². The van der Waals surface area contributed by atoms with Crippen LogP contribution in [0, 0.1) is 11.8 Å². The van der Waals surface area contributed by atoms with Crippen molar-refractivity contribution >= 4 is 51.0 Å². The Hall–Kier alpha value is -1.67. The molecule has 3 atom stereocenters. The number of rotatable bonds is 13. The number of carbonyl (C=O) groups is 5. The lowest BCUT2D eigenvalue weighted by Gasteiger charge is -2.32. The zero-order chi connectivity index (χ0) is 26.1. The summed E-state index contributed by atoms with van der Waals surface area (Å²) in [5, 5.41) is 11.1. The first-order chi connectivity index (χ1) is 15.7. The molecule has 2 N–H and O–H groups in total. The lowest BCUT2D eigenvalue weighted by atomic mass is 9.81. The highest BCUT2D eigenvalue weighted by atomic mass is 32.2. The van der Waals surface area contributed by atoms with Gasteiger partial charge in [0.25, 0.3) is 0 Å². The van der Waals surface area contributed by atoms with E-state index in [0.717, 1.165) is 36.9 Å². The number of hydrogen-bond donors (Lipinski definition) is 2. The van der Waals surface area contributed by atoms with Gasteiger partial charge in [-0.1, -0.05) is 0 Å². The number of carboxylic acid groups (broad SMARTS) is 1. The highest BCUT2D eigenvalue weighted by molar-refractivity contribution is 8.00. The maximum Gasteiger partial charge on any atom is 0.326 e. The predicted molar refractivity (Wildman–Crippen MR) is 136 cm³/mol. The van der Waals surface area contributed by atoms with Crippen LogP contribution in [-0.4, -0.2) is 87.8 Å². The SMILES string of the molecule is C[C@@H](C(=O)O)N(C)C(=O)CCSC(C=O)CC(=O)N(C)CC1CCC(C(=O)NC(C)(C)P)CC1. The molecule has 1 aliphatic rings. The van der Waals surface area contributed by atoms with E-state index in [1.54, 1.807) is 11.9 Å². The number of carbonyl (C=O) groups excluding carboxylic acids is 4. The monoisotopic (exact) mass is 517 g/mol. The standard InChI is InChI=1S/C23H40N3O6PS/c1-15(22(31)32)26(5)19(28)10-11-34-18(14-27)12-20(29)25(4)13-16-6-8-17(9-7-16)21(30)24-23(2,3)33/h14-18H,6-13,33H2,1-5H3,(H,24,30)(H,31,32)/t15-,16?,17?,18?/m0/s1. The summed E-state index contributed by atoms with van der Waals surface area (Å²) < 4.78 is 0. The van der Waals surface area contributed by atoms with Crippen molar-refractivity contribution in [2.75, 3.05) is 26.4 Å². The summed E-state index contributed by atoms with van der Waals surface area (Å²) in [7, 11) is 5.79. The fourth-order valence-corrected chi connectivity index (χ4v) is 4.92. The van der Waals surface area contributed by atoms with Crippen LogP contribution in [0.5, 0.6) is 0 Å². The van der Waals surface area contributed by atoms with Gasteiger partial charge in [-0.25, -0.2) is 4.79 Å². The number of amides is 3. The molecule has 1 saturated carbocycles. The molecule has 3 amide bonds. The van der Waals surface area contributed by atoms with Gasteiger partial charge in [0, 0.05) is 50.4 Å². The summed E-state index contributed by atoms with van der Waals surface area (Å²) in [4.78, 5) is 62.4. The van der Waals surface area contributed by atoms with Crippen molar-refractivity contribution in [1.82, 2.24) is 15.1 Å². The molecule has 11 heteroatoms. The second-order valence-corrected chi connectivity index (χ2v) is 12.5. The van der Waals surface area contributed by atoms with Crippen LogP contribution in [0.15, 0.2) is 0 Å². The van der Waals surface area contributed by atoms with Crippen molar-refractivity contribution in [2.24, 2.45) is 11.8 Å². The van der Waals surface area contributed by atoms with E-state index >= 15 is 0 Å². The fraction of sp³-hybridized carbons (Fsp3) is 0.783. The molecule has 0 saturated heterocycles. The number of likely N-dealkylation sites (N-methyl/N-ethyl adjacent to an activating group) is 1. The summed E-state index contributed by atoms with van der Waals surface area (Å²) in [6.45, 7) is 5.89. The smallest absolute Gasteiger partial charge is 0.326 e. The number of nitrogens with zero attached hydrogens (tertiary/aromatic N) is 2. The lowest BCUT2D eigenvalue weighted by molar-refractivity contribution is -0.148. The average molecular weight is 518 g/mol. The van der Waals surface area contributed by atoms with Gasteiger partial charge in [-0.15, -0.1) is 21.0 Å². The summed E-state index contributed by atoms with van der Waals surface area (Å²) in [5.41, 5.74) is 0. The second-order valence-electron chi connectivity index (χ2n) is 9.72. The minimum atomic E-state index is -1.08. The summed E-state index contributed by atoms with van der Waals surface area (Å²) in [5.74, 6) is -0.783. The van der Waals surface area contributed by atoms with Crippen LogP contribution in [0.1, 0.15) is 59.3 Å². The highest BCUT2D eigenvalue weighted by Gasteiger charge is 2.30. The van der Waals surface area contributed by atoms with Crippen LogP contribution >= 0.6 is 21.0 Å². The van der Waals surface area contributed by atoms with Gasteiger partial charge in [-0.2, -0.15) is 0 Å². The van der Waals surface area contributed by atoms with Gasteiger partial charge in [0.2, 0.25) is 17.7 Å². The first-order valence-corrected chi connectivity index (χ1v) is 13.3. The molecule has 0 spiro atoms. The molecule has 0 bridgehead atoms. The molecule has 1 rings (SSSR count). The molecule has 2 unspecified atom stereocenters. The van der Waals surface area contributed by atoms with Gasteiger partial charge < -0.3 is 25.0 Å². The Bertz CT molecular complexity index is 737. The van der Waals surface area contributed by atoms with Crippen molar-refractivity contribution in [2.45, 2.75) is 75.9 Å². The number of thioether (sulfide) groups is 1. The molecule has 34 heavy (non-hydrogen) atoms. The minimum Gasteiger partial charge on any atom is -0.480 e. The molecular formula is C23H40N3O6PS. The van der Waals surface area contributed by atoms with E-state index in [4.69, 9.17) is 5.11 Å². The van der Waals surface area contributed by atoms with E-state index in [2.05, 4.69) is 14.6 Å². The molecule has 0 aliphatic heterocycles. The Morgan fingerprint density at radius 1 is 1.15 bits per heavy atom. The van der Waals surface area contributed by atoms with Gasteiger partial charge in [0.15, 0.2) is 0 Å². The van der Waals surface area contributed by atoms with Gasteiger partial charge in [-0.05, 0) is 52.4 Å². The van der Waals surface area contributed by atoms with Gasteiger partial charge >= 0.3 is 5.97 Å². The Kier molecular flexibility index (Phi) is 12.5.